The molecule has 0 aliphatic rings. The van der Waals surface area contributed by atoms with Crippen LogP contribution in [-0.2, 0) is 13.3 Å². The lowest BCUT2D eigenvalue weighted by atomic mass is 10.5. The van der Waals surface area contributed by atoms with Gasteiger partial charge in [0.05, 0.1) is 0 Å². The molecule has 0 aromatic heterocycles. The van der Waals surface area contributed by atoms with Gasteiger partial charge in [-0.15, -0.1) is 0 Å². The van der Waals surface area contributed by atoms with E-state index in [2.05, 4.69) is 19.6 Å². The van der Waals surface area contributed by atoms with Crippen LogP contribution in [0.25, 0.3) is 0 Å². The molecule has 3 nitrogen and oxygen atoms in total. The Balaban J connectivity index is 3.39. The van der Waals surface area contributed by atoms with E-state index in [1.54, 1.807) is 0 Å². The smallest absolute Gasteiger partial charge is 0.198 e. The van der Waals surface area contributed by atoms with Gasteiger partial charge < -0.3 is 4.43 Å². The topological polar surface area (TPSA) is 43.4 Å². The van der Waals surface area contributed by atoms with Gasteiger partial charge in [0.2, 0.25) is 0 Å². The second kappa shape index (κ2) is 5.38. The first-order valence-corrected chi connectivity index (χ1v) is 11.0. The van der Waals surface area contributed by atoms with E-state index in [1.165, 1.54) is 6.26 Å². The van der Waals surface area contributed by atoms with Gasteiger partial charge in [-0.25, -0.2) is 8.42 Å². The van der Waals surface area contributed by atoms with Gasteiger partial charge in [0.1, 0.15) is 0 Å². The zero-order chi connectivity index (χ0) is 10.5. The third-order valence-electron chi connectivity index (χ3n) is 1.12. The standard InChI is InChI=1S/C7H18O3S2Si/c1-12(8,9)11-7-5-6-10-13(2,3)4/h5-7H2,1-4H3. The molecule has 0 aromatic carbocycles. The second-order valence-corrected chi connectivity index (χ2v) is 12.9. The van der Waals surface area contributed by atoms with Crippen LogP contribution in [0.1, 0.15) is 6.42 Å². The predicted molar refractivity (Wildman–Crippen MR) is 61.2 cm³/mol. The van der Waals surface area contributed by atoms with E-state index in [9.17, 15) is 8.42 Å². The molecular weight excluding hydrogens is 224 g/mol. The summed E-state index contributed by atoms with van der Waals surface area (Å²) in [5, 5.41) is 0. The fourth-order valence-electron chi connectivity index (χ4n) is 0.648. The van der Waals surface area contributed by atoms with E-state index in [0.717, 1.165) is 17.2 Å². The molecule has 0 saturated carbocycles. The van der Waals surface area contributed by atoms with E-state index < -0.39 is 17.2 Å². The van der Waals surface area contributed by atoms with Gasteiger partial charge in [-0.05, 0) is 36.9 Å². The van der Waals surface area contributed by atoms with Gasteiger partial charge in [0.15, 0.2) is 17.2 Å². The average molecular weight is 242 g/mol. The molecule has 0 N–H and O–H groups in total. The quantitative estimate of drug-likeness (QED) is 0.405. The maximum absolute atomic E-state index is 10.7. The summed E-state index contributed by atoms with van der Waals surface area (Å²) in [6.45, 7) is 7.04. The minimum Gasteiger partial charge on any atom is -0.418 e. The van der Waals surface area contributed by atoms with Gasteiger partial charge in [-0.2, -0.15) is 0 Å². The Bertz CT molecular complexity index is 231. The summed E-state index contributed by atoms with van der Waals surface area (Å²) in [6, 6.07) is 0. The molecule has 0 unspecified atom stereocenters. The van der Waals surface area contributed by atoms with E-state index in [0.29, 0.717) is 12.4 Å². The monoisotopic (exact) mass is 242 g/mol. The van der Waals surface area contributed by atoms with Gasteiger partial charge >= 0.3 is 0 Å². The zero-order valence-corrected chi connectivity index (χ0v) is 11.3. The Morgan fingerprint density at radius 1 is 1.31 bits per heavy atom. The lowest BCUT2D eigenvalue weighted by Gasteiger charge is -2.16. The molecule has 6 heteroatoms. The van der Waals surface area contributed by atoms with Crippen molar-refractivity contribution in [2.45, 2.75) is 26.1 Å². The highest BCUT2D eigenvalue weighted by molar-refractivity contribution is 8.71. The number of hydrogen-bond acceptors (Lipinski definition) is 4. The van der Waals surface area contributed by atoms with Gasteiger partial charge in [0.25, 0.3) is 0 Å². The van der Waals surface area contributed by atoms with Crippen LogP contribution >= 0.6 is 10.8 Å². The normalized spacial score (nSPS) is 13.2. The van der Waals surface area contributed by atoms with Crippen LogP contribution < -0.4 is 0 Å². The summed E-state index contributed by atoms with van der Waals surface area (Å²) in [5.41, 5.74) is 0. The van der Waals surface area contributed by atoms with Crippen LogP contribution in [0.5, 0.6) is 0 Å². The van der Waals surface area contributed by atoms with Crippen LogP contribution in [0.15, 0.2) is 0 Å². The summed E-state index contributed by atoms with van der Waals surface area (Å²) in [5.74, 6) is 0.628. The van der Waals surface area contributed by atoms with Crippen molar-refractivity contribution in [2.24, 2.45) is 0 Å². The largest absolute Gasteiger partial charge is 0.418 e. The molecule has 0 heterocycles. The lowest BCUT2D eigenvalue weighted by Crippen LogP contribution is -2.25. The first-order chi connectivity index (χ1) is 5.71. The molecule has 0 bridgehead atoms. The molecule has 0 rings (SSSR count). The van der Waals surface area contributed by atoms with Gasteiger partial charge in [0, 0.05) is 18.6 Å². The van der Waals surface area contributed by atoms with Crippen molar-refractivity contribution in [3.05, 3.63) is 0 Å². The summed E-state index contributed by atoms with van der Waals surface area (Å²) in [4.78, 5) is 0. The van der Waals surface area contributed by atoms with Crippen molar-refractivity contribution in [3.8, 4) is 0 Å². The van der Waals surface area contributed by atoms with Crippen LogP contribution in [0, 0.1) is 0 Å². The van der Waals surface area contributed by atoms with Crippen LogP contribution in [0.4, 0.5) is 0 Å². The SMILES string of the molecule is C[Si](C)(C)OCCCSS(C)(=O)=O. The highest BCUT2D eigenvalue weighted by Gasteiger charge is 2.13. The predicted octanol–water partition coefficient (Wildman–Crippen LogP) is 1.92. The molecule has 0 spiro atoms. The van der Waals surface area contributed by atoms with E-state index in [4.69, 9.17) is 4.43 Å². The van der Waals surface area contributed by atoms with Crippen molar-refractivity contribution in [1.82, 2.24) is 0 Å². The molecule has 0 radical (unpaired) electrons. The summed E-state index contributed by atoms with van der Waals surface area (Å²) in [7, 11) is -3.29. The first-order valence-electron chi connectivity index (χ1n) is 4.19. The first kappa shape index (κ1) is 13.5. The molecule has 80 valence electrons. The molecule has 0 fully saturated rings. The average Bonchev–Trinajstić information content (AvgIpc) is 1.81. The highest BCUT2D eigenvalue weighted by atomic mass is 33.1. The van der Waals surface area contributed by atoms with Crippen molar-refractivity contribution < 1.29 is 12.8 Å². The Morgan fingerprint density at radius 3 is 2.23 bits per heavy atom. The fraction of sp³-hybridized carbons (Fsp3) is 1.00. The number of hydrogen-bond donors (Lipinski definition) is 0. The molecule has 0 aromatic rings. The van der Waals surface area contributed by atoms with Crippen LogP contribution in [0.2, 0.25) is 19.6 Å². The highest BCUT2D eigenvalue weighted by Crippen LogP contribution is 2.11. The summed E-state index contributed by atoms with van der Waals surface area (Å²) in [6.07, 6.45) is 2.04. The third kappa shape index (κ3) is 12.5. The number of rotatable bonds is 6. The Hall–Kier alpha value is 0.477. The van der Waals surface area contributed by atoms with E-state index in [1.807, 2.05) is 0 Å². The maximum Gasteiger partial charge on any atom is 0.198 e. The van der Waals surface area contributed by atoms with Crippen molar-refractivity contribution in [1.29, 1.82) is 0 Å². The third-order valence-corrected chi connectivity index (χ3v) is 4.86. The molecule has 0 saturated heterocycles. The zero-order valence-electron chi connectivity index (χ0n) is 8.66. The maximum atomic E-state index is 10.7. The fourth-order valence-corrected chi connectivity index (χ4v) is 3.20. The summed E-state index contributed by atoms with van der Waals surface area (Å²) >= 11 is 0. The Kier molecular flexibility index (Phi) is 5.58. The Morgan fingerprint density at radius 2 is 1.85 bits per heavy atom. The van der Waals surface area contributed by atoms with Crippen molar-refractivity contribution in [3.63, 3.8) is 0 Å². The minimum absolute atomic E-state index is 0.628. The van der Waals surface area contributed by atoms with E-state index >= 15 is 0 Å². The minimum atomic E-state index is -2.87. The summed E-state index contributed by atoms with van der Waals surface area (Å²) < 4.78 is 27.0. The van der Waals surface area contributed by atoms with Gasteiger partial charge in [-0.1, -0.05) is 0 Å². The van der Waals surface area contributed by atoms with Crippen LogP contribution in [0.3, 0.4) is 0 Å². The van der Waals surface area contributed by atoms with Crippen molar-refractivity contribution >= 4 is 28.0 Å². The molecule has 0 aliphatic heterocycles. The van der Waals surface area contributed by atoms with Crippen molar-refractivity contribution in [2.75, 3.05) is 18.6 Å². The lowest BCUT2D eigenvalue weighted by molar-refractivity contribution is 0.312. The van der Waals surface area contributed by atoms with Gasteiger partial charge in [-0.3, -0.25) is 0 Å². The molecule has 0 amide bonds. The Labute approximate surface area is 85.7 Å². The van der Waals surface area contributed by atoms with Crippen LogP contribution in [-0.4, -0.2) is 35.4 Å². The van der Waals surface area contributed by atoms with E-state index in [-0.39, 0.29) is 0 Å². The second-order valence-electron chi connectivity index (χ2n) is 3.84. The molecular formula is C7H18O3S2Si. The molecule has 0 atom stereocenters. The molecule has 0 aliphatic carbocycles. The molecule has 13 heavy (non-hydrogen) atoms.